The number of esters is 1. The van der Waals surface area contributed by atoms with Crippen molar-refractivity contribution in [2.45, 2.75) is 30.7 Å². The second-order valence-electron chi connectivity index (χ2n) is 4.74. The molecule has 7 nitrogen and oxygen atoms in total. The number of nitrogens with zero attached hydrogens (tertiary/aromatic N) is 3. The summed E-state index contributed by atoms with van der Waals surface area (Å²) in [6, 6.07) is 0. The molecule has 0 fully saturated rings. The molecule has 1 aromatic heterocycles. The van der Waals surface area contributed by atoms with Gasteiger partial charge in [-0.05, 0) is 6.92 Å². The van der Waals surface area contributed by atoms with E-state index in [-0.39, 0.29) is 4.68 Å². The van der Waals surface area contributed by atoms with Gasteiger partial charge in [-0.2, -0.15) is 45.5 Å². The molecule has 2 rings (SSSR count). The molecule has 140 valence electrons. The van der Waals surface area contributed by atoms with Crippen LogP contribution < -0.4 is 5.32 Å². The summed E-state index contributed by atoms with van der Waals surface area (Å²) in [5, 5.41) is 15.3. The molecule has 2 N–H and O–H groups in total. The number of aliphatic hydroxyl groups is 1. The number of anilines is 1. The van der Waals surface area contributed by atoms with Crippen molar-refractivity contribution in [1.29, 1.82) is 0 Å². The van der Waals surface area contributed by atoms with Gasteiger partial charge in [0.05, 0.1) is 6.61 Å². The highest BCUT2D eigenvalue weighted by Crippen LogP contribution is 2.55. The minimum Gasteiger partial charge on any atom is -0.462 e. The van der Waals surface area contributed by atoms with Crippen molar-refractivity contribution in [1.82, 2.24) is 14.8 Å². The summed E-state index contributed by atoms with van der Waals surface area (Å²) in [4.78, 5) is 15.0. The van der Waals surface area contributed by atoms with Gasteiger partial charge >= 0.3 is 24.0 Å². The van der Waals surface area contributed by atoms with Crippen LogP contribution in [0, 0.1) is 0 Å². The van der Waals surface area contributed by atoms with Crippen LogP contribution in [0.15, 0.2) is 18.1 Å². The van der Waals surface area contributed by atoms with Gasteiger partial charge in [0.2, 0.25) is 5.95 Å². The molecule has 0 radical (unpaired) electrons. The van der Waals surface area contributed by atoms with Crippen LogP contribution >= 0.6 is 0 Å². The molecule has 0 aliphatic carbocycles. The van der Waals surface area contributed by atoms with Crippen LogP contribution in [0.25, 0.3) is 0 Å². The summed E-state index contributed by atoms with van der Waals surface area (Å²) in [6.07, 6.45) is -5.95. The average Bonchev–Trinajstić information content (AvgIpc) is 2.95. The minimum absolute atomic E-state index is 0.294. The number of fused-ring (bicyclic) bond motifs is 1. The number of hydrogen-bond acceptors (Lipinski definition) is 6. The third kappa shape index (κ3) is 2.42. The van der Waals surface area contributed by atoms with Gasteiger partial charge in [0.25, 0.3) is 5.72 Å². The van der Waals surface area contributed by atoms with Gasteiger partial charge in [0.15, 0.2) is 0 Å². The molecule has 2 heterocycles. The van der Waals surface area contributed by atoms with Crippen molar-refractivity contribution in [3.8, 4) is 0 Å². The van der Waals surface area contributed by atoms with Gasteiger partial charge in [0.1, 0.15) is 11.9 Å². The van der Waals surface area contributed by atoms with Crippen molar-refractivity contribution in [2.75, 3.05) is 11.9 Å². The Morgan fingerprint density at radius 2 is 1.92 bits per heavy atom. The molecule has 1 atom stereocenters. The lowest BCUT2D eigenvalue weighted by Crippen LogP contribution is -2.67. The van der Waals surface area contributed by atoms with Crippen molar-refractivity contribution in [2.24, 2.45) is 0 Å². The van der Waals surface area contributed by atoms with Crippen molar-refractivity contribution < 1.29 is 45.4 Å². The largest absolute Gasteiger partial charge is 0.462 e. The van der Waals surface area contributed by atoms with E-state index in [2.05, 4.69) is 20.1 Å². The SMILES string of the molecule is CCOC(=O)C1=CNc2ncnn2C1(O)C(F)(F)C(F)(F)C(F)(F)F. The van der Waals surface area contributed by atoms with E-state index in [0.717, 1.165) is 0 Å². The summed E-state index contributed by atoms with van der Waals surface area (Å²) in [5.74, 6) is -15.5. The highest BCUT2D eigenvalue weighted by Gasteiger charge is 2.82. The molecule has 25 heavy (non-hydrogen) atoms. The van der Waals surface area contributed by atoms with Gasteiger partial charge in [-0.25, -0.2) is 4.79 Å². The number of alkyl halides is 7. The monoisotopic (exact) mass is 378 g/mol. The number of aromatic nitrogens is 3. The molecular weight excluding hydrogens is 369 g/mol. The van der Waals surface area contributed by atoms with Crippen LogP contribution in [-0.2, 0) is 15.3 Å². The fourth-order valence-electron chi connectivity index (χ4n) is 2.04. The summed E-state index contributed by atoms with van der Waals surface area (Å²) in [6.45, 7) is 0.787. The van der Waals surface area contributed by atoms with Gasteiger partial charge in [0, 0.05) is 6.20 Å². The first-order valence-corrected chi connectivity index (χ1v) is 6.42. The molecule has 1 aliphatic rings. The number of carbonyl (C=O) groups excluding carboxylic acids is 1. The Bertz CT molecular complexity index is 715. The molecule has 0 spiro atoms. The van der Waals surface area contributed by atoms with Gasteiger partial charge in [-0.1, -0.05) is 0 Å². The maximum Gasteiger partial charge on any atom is 0.460 e. The number of hydrogen-bond donors (Lipinski definition) is 2. The Labute approximate surface area is 134 Å². The lowest BCUT2D eigenvalue weighted by Gasteiger charge is -2.42. The third-order valence-corrected chi connectivity index (χ3v) is 3.26. The third-order valence-electron chi connectivity index (χ3n) is 3.26. The van der Waals surface area contributed by atoms with Gasteiger partial charge < -0.3 is 15.2 Å². The van der Waals surface area contributed by atoms with Gasteiger partial charge in [-0.3, -0.25) is 0 Å². The minimum atomic E-state index is -6.74. The van der Waals surface area contributed by atoms with Crippen LogP contribution in [0.2, 0.25) is 0 Å². The Balaban J connectivity index is 2.72. The quantitative estimate of drug-likeness (QED) is 0.612. The van der Waals surface area contributed by atoms with Crippen LogP contribution in [0.5, 0.6) is 0 Å². The Morgan fingerprint density at radius 1 is 1.32 bits per heavy atom. The van der Waals surface area contributed by atoms with E-state index in [9.17, 15) is 40.6 Å². The number of nitrogens with one attached hydrogen (secondary N) is 1. The van der Waals surface area contributed by atoms with E-state index in [1.165, 1.54) is 6.92 Å². The van der Waals surface area contributed by atoms with E-state index < -0.39 is 47.8 Å². The number of halogens is 7. The van der Waals surface area contributed by atoms with Gasteiger partial charge in [-0.15, -0.1) is 0 Å². The number of carbonyl (C=O) groups is 1. The normalized spacial score (nSPS) is 21.2. The number of ether oxygens (including phenoxy) is 1. The summed E-state index contributed by atoms with van der Waals surface area (Å²) in [5.41, 5.74) is -6.13. The molecule has 0 amide bonds. The van der Waals surface area contributed by atoms with E-state index in [1.54, 1.807) is 0 Å². The Morgan fingerprint density at radius 3 is 2.44 bits per heavy atom. The van der Waals surface area contributed by atoms with Crippen LogP contribution in [0.1, 0.15) is 6.92 Å². The lowest BCUT2D eigenvalue weighted by molar-refractivity contribution is -0.396. The fraction of sp³-hybridized carbons (Fsp3) is 0.545. The van der Waals surface area contributed by atoms with E-state index >= 15 is 0 Å². The van der Waals surface area contributed by atoms with Crippen molar-refractivity contribution in [3.63, 3.8) is 0 Å². The van der Waals surface area contributed by atoms with Crippen molar-refractivity contribution in [3.05, 3.63) is 18.1 Å². The fourth-order valence-corrected chi connectivity index (χ4v) is 2.04. The first kappa shape index (κ1) is 19.0. The topological polar surface area (TPSA) is 89.3 Å². The molecule has 0 saturated heterocycles. The lowest BCUT2D eigenvalue weighted by atomic mass is 9.90. The molecule has 1 aliphatic heterocycles. The summed E-state index contributed by atoms with van der Waals surface area (Å²) in [7, 11) is 0. The van der Waals surface area contributed by atoms with Crippen LogP contribution in [0.3, 0.4) is 0 Å². The highest BCUT2D eigenvalue weighted by atomic mass is 19.4. The number of rotatable bonds is 4. The maximum absolute atomic E-state index is 14.3. The second-order valence-corrected chi connectivity index (χ2v) is 4.74. The predicted octanol–water partition coefficient (Wildman–Crippen LogP) is 1.63. The first-order valence-electron chi connectivity index (χ1n) is 6.42. The highest BCUT2D eigenvalue weighted by molar-refractivity contribution is 5.91. The molecule has 0 bridgehead atoms. The molecule has 1 unspecified atom stereocenters. The van der Waals surface area contributed by atoms with E-state index in [1.807, 2.05) is 0 Å². The van der Waals surface area contributed by atoms with Crippen molar-refractivity contribution >= 4 is 11.9 Å². The second kappa shape index (κ2) is 5.57. The summed E-state index contributed by atoms with van der Waals surface area (Å²) >= 11 is 0. The first-order chi connectivity index (χ1) is 11.3. The van der Waals surface area contributed by atoms with Crippen LogP contribution in [-0.4, -0.2) is 50.5 Å². The van der Waals surface area contributed by atoms with E-state index in [4.69, 9.17) is 0 Å². The zero-order valence-corrected chi connectivity index (χ0v) is 12.1. The molecular formula is C11H9F7N4O3. The maximum atomic E-state index is 14.3. The van der Waals surface area contributed by atoms with E-state index in [0.29, 0.717) is 12.5 Å². The predicted molar refractivity (Wildman–Crippen MR) is 64.5 cm³/mol. The average molecular weight is 378 g/mol. The zero-order chi connectivity index (χ0) is 19.3. The Kier molecular flexibility index (Phi) is 4.22. The Hall–Kier alpha value is -2.38. The molecule has 14 heteroatoms. The molecule has 0 aromatic carbocycles. The molecule has 1 aromatic rings. The summed E-state index contributed by atoms with van der Waals surface area (Å²) < 4.78 is 97.0. The zero-order valence-electron chi connectivity index (χ0n) is 12.1. The van der Waals surface area contributed by atoms with Crippen LogP contribution in [0.4, 0.5) is 36.7 Å². The standard InChI is InChI=1S/C11H9F7N4O3/c1-2-25-6(23)5-3-19-7-20-4-21-22(7)8(5,24)9(12,13)10(14,15)11(16,17)18/h3-4,24H,2H2,1H3,(H,19,20,21). The smallest absolute Gasteiger partial charge is 0.460 e. The molecule has 0 saturated carbocycles.